The number of carboxylic acids is 1. The summed E-state index contributed by atoms with van der Waals surface area (Å²) in [6.07, 6.45) is 1.48. The molecule has 12 heteroatoms. The number of carboxylic acid groups (broad SMARTS) is 1. The number of benzene rings is 3. The van der Waals surface area contributed by atoms with Gasteiger partial charge in [-0.3, -0.25) is 10.1 Å². The number of nitrogens with zero attached hydrogens (tertiary/aromatic N) is 3. The van der Waals surface area contributed by atoms with E-state index in [1.54, 1.807) is 54.6 Å². The molecule has 0 saturated heterocycles. The van der Waals surface area contributed by atoms with Crippen molar-refractivity contribution >= 4 is 29.5 Å². The van der Waals surface area contributed by atoms with Crippen LogP contribution in [0.25, 0.3) is 17.5 Å². The van der Waals surface area contributed by atoms with E-state index >= 15 is 0 Å². The number of aliphatic carboxylic acids is 1. The van der Waals surface area contributed by atoms with E-state index in [1.165, 1.54) is 32.4 Å². The number of carbonyl (C=O) groups is 1. The molecule has 0 saturated carbocycles. The number of thioether (sulfide) groups is 1. The summed E-state index contributed by atoms with van der Waals surface area (Å²) in [5, 5.41) is 28.5. The Bertz CT molecular complexity index is 1440. The number of hydrogen-bond donors (Lipinski definition) is 1. The van der Waals surface area contributed by atoms with Crippen molar-refractivity contribution in [3.8, 4) is 28.7 Å². The molecule has 0 radical (unpaired) electrons. The first-order valence-electron chi connectivity index (χ1n) is 11.0. The third-order valence-electron chi connectivity index (χ3n) is 5.14. The molecule has 3 aromatic carbocycles. The minimum absolute atomic E-state index is 0.00859. The van der Waals surface area contributed by atoms with Gasteiger partial charge in [0.25, 0.3) is 10.9 Å². The number of hydrogen-bond acceptors (Lipinski definition) is 10. The van der Waals surface area contributed by atoms with Crippen molar-refractivity contribution in [1.82, 2.24) is 10.2 Å². The highest BCUT2D eigenvalue weighted by Gasteiger charge is 2.17. The van der Waals surface area contributed by atoms with Gasteiger partial charge in [0.2, 0.25) is 5.89 Å². The Kier molecular flexibility index (Phi) is 8.23. The molecule has 4 aromatic rings. The normalized spacial score (nSPS) is 11.2. The van der Waals surface area contributed by atoms with Gasteiger partial charge in [-0.2, -0.15) is 0 Å². The van der Waals surface area contributed by atoms with E-state index in [1.807, 2.05) is 0 Å². The largest absolute Gasteiger partial charge is 0.497 e. The highest BCUT2D eigenvalue weighted by molar-refractivity contribution is 8.03. The Morgan fingerprint density at radius 2 is 1.66 bits per heavy atom. The molecule has 1 aromatic heterocycles. The van der Waals surface area contributed by atoms with Crippen LogP contribution in [0, 0.1) is 10.1 Å². The molecular weight excluding hydrogens is 514 g/mol. The molecule has 1 N–H and O–H groups in total. The average Bonchev–Trinajstić information content (AvgIpc) is 3.40. The monoisotopic (exact) mass is 535 g/mol. The van der Waals surface area contributed by atoms with Crippen LogP contribution in [0.15, 0.2) is 81.3 Å². The van der Waals surface area contributed by atoms with Crippen LogP contribution in [-0.4, -0.2) is 40.4 Å². The lowest BCUT2D eigenvalue weighted by Gasteiger charge is -2.07. The molecule has 0 fully saturated rings. The zero-order valence-electron chi connectivity index (χ0n) is 20.2. The predicted molar refractivity (Wildman–Crippen MR) is 138 cm³/mol. The predicted octanol–water partition coefficient (Wildman–Crippen LogP) is 5.46. The van der Waals surface area contributed by atoms with Crippen molar-refractivity contribution in [1.29, 1.82) is 0 Å². The lowest BCUT2D eigenvalue weighted by molar-refractivity contribution is -0.384. The molecule has 38 heavy (non-hydrogen) atoms. The van der Waals surface area contributed by atoms with E-state index in [-0.39, 0.29) is 28.3 Å². The molecule has 0 amide bonds. The summed E-state index contributed by atoms with van der Waals surface area (Å²) >= 11 is 0.822. The molecule has 11 nitrogen and oxygen atoms in total. The SMILES string of the molecule is COc1cc(OC)cc(-c2nnc(S/C(=C\c3ccc(OCc4ccc([N+](=O)[O-])cc4)cc3)C(=O)O)o2)c1. The first-order valence-corrected chi connectivity index (χ1v) is 11.8. The topological polar surface area (TPSA) is 147 Å². The second-order valence-electron chi connectivity index (χ2n) is 7.67. The molecule has 0 aliphatic heterocycles. The van der Waals surface area contributed by atoms with E-state index in [4.69, 9.17) is 18.6 Å². The molecule has 1 heterocycles. The summed E-state index contributed by atoms with van der Waals surface area (Å²) in [6.45, 7) is 0.224. The van der Waals surface area contributed by atoms with Gasteiger partial charge in [0.05, 0.1) is 19.1 Å². The summed E-state index contributed by atoms with van der Waals surface area (Å²) in [7, 11) is 3.05. The van der Waals surface area contributed by atoms with Crippen LogP contribution in [-0.2, 0) is 11.4 Å². The van der Waals surface area contributed by atoms with Crippen molar-refractivity contribution in [2.24, 2.45) is 0 Å². The third-order valence-corrected chi connectivity index (χ3v) is 6.00. The van der Waals surface area contributed by atoms with Gasteiger partial charge < -0.3 is 23.7 Å². The molecule has 4 rings (SSSR count). The van der Waals surface area contributed by atoms with Crippen molar-refractivity contribution in [3.63, 3.8) is 0 Å². The summed E-state index contributed by atoms with van der Waals surface area (Å²) in [4.78, 5) is 22.1. The van der Waals surface area contributed by atoms with Gasteiger partial charge >= 0.3 is 5.97 Å². The minimum atomic E-state index is -1.16. The molecular formula is C26H21N3O8S. The van der Waals surface area contributed by atoms with Crippen molar-refractivity contribution < 1.29 is 33.5 Å². The van der Waals surface area contributed by atoms with E-state index in [2.05, 4.69) is 10.2 Å². The standard InChI is InChI=1S/C26H21N3O8S/c1-34-21-12-18(13-22(14-21)35-2)24-27-28-26(37-24)38-23(25(30)31)11-16-5-9-20(10-6-16)36-15-17-3-7-19(8-4-17)29(32)33/h3-14H,15H2,1-2H3,(H,30,31)/b23-11-. The zero-order valence-corrected chi connectivity index (χ0v) is 21.0. The maximum Gasteiger partial charge on any atom is 0.342 e. The molecule has 0 aliphatic rings. The number of non-ortho nitro benzene ring substituents is 1. The van der Waals surface area contributed by atoms with Crippen LogP contribution in [0.3, 0.4) is 0 Å². The number of ether oxygens (including phenoxy) is 3. The summed E-state index contributed by atoms with van der Waals surface area (Å²) in [6, 6.07) is 18.0. The highest BCUT2D eigenvalue weighted by atomic mass is 32.2. The van der Waals surface area contributed by atoms with Crippen molar-refractivity contribution in [3.05, 3.63) is 92.9 Å². The fourth-order valence-electron chi connectivity index (χ4n) is 3.22. The molecule has 0 spiro atoms. The first kappa shape index (κ1) is 26.2. The van der Waals surface area contributed by atoms with E-state index < -0.39 is 10.9 Å². The molecule has 0 bridgehead atoms. The number of nitro benzene ring substituents is 1. The average molecular weight is 536 g/mol. The summed E-state index contributed by atoms with van der Waals surface area (Å²) in [5.74, 6) is 0.664. The van der Waals surface area contributed by atoms with E-state index in [9.17, 15) is 20.0 Å². The molecule has 0 unspecified atom stereocenters. The number of rotatable bonds is 11. The van der Waals surface area contributed by atoms with Crippen molar-refractivity contribution in [2.45, 2.75) is 11.8 Å². The highest BCUT2D eigenvalue weighted by Crippen LogP contribution is 2.33. The van der Waals surface area contributed by atoms with Crippen LogP contribution in [0.1, 0.15) is 11.1 Å². The van der Waals surface area contributed by atoms with Gasteiger partial charge in [-0.05, 0) is 65.4 Å². The fourth-order valence-corrected chi connectivity index (χ4v) is 3.89. The fraction of sp³-hybridized carbons (Fsp3) is 0.115. The van der Waals surface area contributed by atoms with Gasteiger partial charge in [-0.25, -0.2) is 4.79 Å². The van der Waals surface area contributed by atoms with Crippen molar-refractivity contribution in [2.75, 3.05) is 14.2 Å². The van der Waals surface area contributed by atoms with Crippen LogP contribution < -0.4 is 14.2 Å². The van der Waals surface area contributed by atoms with Gasteiger partial charge in [-0.1, -0.05) is 12.1 Å². The van der Waals surface area contributed by atoms with Crippen LogP contribution in [0.2, 0.25) is 0 Å². The Labute approximate surface area is 220 Å². The first-order chi connectivity index (χ1) is 18.3. The Morgan fingerprint density at radius 1 is 1.00 bits per heavy atom. The molecule has 0 atom stereocenters. The third kappa shape index (κ3) is 6.68. The summed E-state index contributed by atoms with van der Waals surface area (Å²) < 4.78 is 21.9. The van der Waals surface area contributed by atoms with Crippen LogP contribution in [0.4, 0.5) is 5.69 Å². The lowest BCUT2D eigenvalue weighted by atomic mass is 10.2. The second kappa shape index (κ2) is 11.9. The molecule has 0 aliphatic carbocycles. The Morgan fingerprint density at radius 3 is 2.24 bits per heavy atom. The quantitative estimate of drug-likeness (QED) is 0.113. The van der Waals surface area contributed by atoms with Gasteiger partial charge in [-0.15, -0.1) is 10.2 Å². The zero-order chi connectivity index (χ0) is 27.1. The lowest BCUT2D eigenvalue weighted by Crippen LogP contribution is -1.97. The van der Waals surface area contributed by atoms with Gasteiger partial charge in [0.15, 0.2) is 0 Å². The number of aromatic nitrogens is 2. The van der Waals surface area contributed by atoms with Crippen LogP contribution >= 0.6 is 11.8 Å². The molecule has 194 valence electrons. The van der Waals surface area contributed by atoms with Crippen LogP contribution in [0.5, 0.6) is 17.2 Å². The van der Waals surface area contributed by atoms with E-state index in [0.717, 1.165) is 17.3 Å². The Hall–Kier alpha value is -4.84. The maximum absolute atomic E-state index is 11.9. The second-order valence-corrected chi connectivity index (χ2v) is 8.66. The maximum atomic E-state index is 11.9. The minimum Gasteiger partial charge on any atom is -0.497 e. The van der Waals surface area contributed by atoms with Gasteiger partial charge in [0, 0.05) is 23.8 Å². The van der Waals surface area contributed by atoms with E-state index in [0.29, 0.717) is 28.4 Å². The van der Waals surface area contributed by atoms with Gasteiger partial charge in [0.1, 0.15) is 28.8 Å². The Balaban J connectivity index is 1.43. The number of methoxy groups -OCH3 is 2. The smallest absolute Gasteiger partial charge is 0.342 e. The summed E-state index contributed by atoms with van der Waals surface area (Å²) in [5.41, 5.74) is 1.96. The number of nitro groups is 1.